The molecule has 84 valence electrons. The summed E-state index contributed by atoms with van der Waals surface area (Å²) in [5.41, 5.74) is 7.15. The number of rotatable bonds is 3. The number of imidazole rings is 1. The molecule has 2 unspecified atom stereocenters. The van der Waals surface area contributed by atoms with E-state index in [1.54, 1.807) is 6.33 Å². The molecule has 4 heteroatoms. The Balaban J connectivity index is 1.88. The first kappa shape index (κ1) is 10.6. The third-order valence-corrected chi connectivity index (χ3v) is 3.23. The van der Waals surface area contributed by atoms with E-state index < -0.39 is 0 Å². The largest absolute Gasteiger partial charge is 0.347 e. The van der Waals surface area contributed by atoms with Crippen LogP contribution in [0.2, 0.25) is 0 Å². The van der Waals surface area contributed by atoms with Gasteiger partial charge in [0, 0.05) is 31.0 Å². The standard InChI is InChI=1S/C11H20N4/c1-9(12)10-3-2-4-15(6-10)7-11-5-13-8-14-11/h5,8-10H,2-4,6-7,12H2,1H3,(H,13,14). The van der Waals surface area contributed by atoms with Crippen molar-refractivity contribution in [3.8, 4) is 0 Å². The average Bonchev–Trinajstić information content (AvgIpc) is 2.71. The molecule has 1 aromatic rings. The Morgan fingerprint density at radius 1 is 1.73 bits per heavy atom. The Labute approximate surface area is 90.9 Å². The number of hydrogen-bond acceptors (Lipinski definition) is 3. The number of hydrogen-bond donors (Lipinski definition) is 2. The lowest BCUT2D eigenvalue weighted by Crippen LogP contribution is -2.41. The summed E-state index contributed by atoms with van der Waals surface area (Å²) in [6, 6.07) is 0.314. The van der Waals surface area contributed by atoms with Gasteiger partial charge in [0.1, 0.15) is 0 Å². The molecular weight excluding hydrogens is 188 g/mol. The maximum atomic E-state index is 5.96. The third-order valence-electron chi connectivity index (χ3n) is 3.23. The zero-order valence-electron chi connectivity index (χ0n) is 9.32. The predicted molar refractivity (Wildman–Crippen MR) is 60.2 cm³/mol. The van der Waals surface area contributed by atoms with Crippen molar-refractivity contribution in [1.29, 1.82) is 0 Å². The molecule has 4 nitrogen and oxygen atoms in total. The summed E-state index contributed by atoms with van der Waals surface area (Å²) in [4.78, 5) is 9.64. The monoisotopic (exact) mass is 208 g/mol. The van der Waals surface area contributed by atoms with E-state index in [4.69, 9.17) is 5.73 Å². The van der Waals surface area contributed by atoms with Gasteiger partial charge in [-0.3, -0.25) is 4.90 Å². The van der Waals surface area contributed by atoms with Crippen LogP contribution < -0.4 is 5.73 Å². The topological polar surface area (TPSA) is 57.9 Å². The summed E-state index contributed by atoms with van der Waals surface area (Å²) in [5.74, 6) is 0.654. The molecule has 0 amide bonds. The first-order valence-corrected chi connectivity index (χ1v) is 5.71. The predicted octanol–water partition coefficient (Wildman–Crippen LogP) is 0.969. The van der Waals surface area contributed by atoms with Crippen LogP contribution in [0.5, 0.6) is 0 Å². The van der Waals surface area contributed by atoms with Crippen LogP contribution in [0.1, 0.15) is 25.5 Å². The molecule has 15 heavy (non-hydrogen) atoms. The lowest BCUT2D eigenvalue weighted by atomic mass is 9.92. The quantitative estimate of drug-likeness (QED) is 0.778. The lowest BCUT2D eigenvalue weighted by Gasteiger charge is -2.34. The van der Waals surface area contributed by atoms with E-state index in [-0.39, 0.29) is 0 Å². The highest BCUT2D eigenvalue weighted by Crippen LogP contribution is 2.19. The molecule has 0 bridgehead atoms. The van der Waals surface area contributed by atoms with Crippen LogP contribution >= 0.6 is 0 Å². The molecule has 1 aliphatic heterocycles. The van der Waals surface area contributed by atoms with Gasteiger partial charge in [-0.1, -0.05) is 0 Å². The van der Waals surface area contributed by atoms with Crippen LogP contribution in [0.15, 0.2) is 12.5 Å². The Morgan fingerprint density at radius 3 is 3.27 bits per heavy atom. The minimum atomic E-state index is 0.314. The van der Waals surface area contributed by atoms with E-state index in [0.29, 0.717) is 12.0 Å². The van der Waals surface area contributed by atoms with Gasteiger partial charge in [0.15, 0.2) is 0 Å². The number of likely N-dealkylation sites (tertiary alicyclic amines) is 1. The van der Waals surface area contributed by atoms with Crippen LogP contribution in [0, 0.1) is 5.92 Å². The van der Waals surface area contributed by atoms with Gasteiger partial charge < -0.3 is 10.7 Å². The van der Waals surface area contributed by atoms with Crippen molar-refractivity contribution in [3.05, 3.63) is 18.2 Å². The number of piperidine rings is 1. The number of aromatic nitrogens is 2. The van der Waals surface area contributed by atoms with Crippen LogP contribution in [-0.2, 0) is 6.54 Å². The number of nitrogens with one attached hydrogen (secondary N) is 1. The van der Waals surface area contributed by atoms with Gasteiger partial charge in [-0.25, -0.2) is 4.98 Å². The van der Waals surface area contributed by atoms with Crippen molar-refractivity contribution in [3.63, 3.8) is 0 Å². The Hall–Kier alpha value is -0.870. The Morgan fingerprint density at radius 2 is 2.60 bits per heavy atom. The molecule has 0 spiro atoms. The second kappa shape index (κ2) is 4.77. The molecule has 0 aromatic carbocycles. The van der Waals surface area contributed by atoms with Gasteiger partial charge in [-0.05, 0) is 32.2 Å². The minimum absolute atomic E-state index is 0.314. The van der Waals surface area contributed by atoms with Crippen molar-refractivity contribution >= 4 is 0 Å². The van der Waals surface area contributed by atoms with Crippen LogP contribution in [0.3, 0.4) is 0 Å². The minimum Gasteiger partial charge on any atom is -0.347 e. The summed E-state index contributed by atoms with van der Waals surface area (Å²) < 4.78 is 0. The Kier molecular flexibility index (Phi) is 3.38. The molecule has 2 rings (SSSR count). The first-order chi connectivity index (χ1) is 7.25. The molecule has 1 aromatic heterocycles. The molecule has 2 heterocycles. The van der Waals surface area contributed by atoms with Crippen molar-refractivity contribution in [2.45, 2.75) is 32.4 Å². The summed E-state index contributed by atoms with van der Waals surface area (Å²) in [7, 11) is 0. The second-order valence-corrected chi connectivity index (χ2v) is 4.57. The van der Waals surface area contributed by atoms with Crippen molar-refractivity contribution in [1.82, 2.24) is 14.9 Å². The number of H-pyrrole nitrogens is 1. The summed E-state index contributed by atoms with van der Waals surface area (Å²) in [6.45, 7) is 5.40. The number of nitrogens with zero attached hydrogens (tertiary/aromatic N) is 2. The van der Waals surface area contributed by atoms with Gasteiger partial charge >= 0.3 is 0 Å². The van der Waals surface area contributed by atoms with Crippen LogP contribution in [-0.4, -0.2) is 34.0 Å². The van der Waals surface area contributed by atoms with Crippen molar-refractivity contribution in [2.24, 2.45) is 11.7 Å². The molecule has 2 atom stereocenters. The Bertz CT molecular complexity index is 281. The van der Waals surface area contributed by atoms with E-state index in [9.17, 15) is 0 Å². The first-order valence-electron chi connectivity index (χ1n) is 5.71. The molecule has 1 saturated heterocycles. The summed E-state index contributed by atoms with van der Waals surface area (Å²) in [6.07, 6.45) is 6.18. The second-order valence-electron chi connectivity index (χ2n) is 4.57. The maximum absolute atomic E-state index is 5.96. The van der Waals surface area contributed by atoms with Gasteiger partial charge in [-0.2, -0.15) is 0 Å². The zero-order valence-corrected chi connectivity index (χ0v) is 9.32. The molecule has 0 radical (unpaired) electrons. The molecule has 0 aliphatic carbocycles. The highest BCUT2D eigenvalue weighted by Gasteiger charge is 2.22. The number of nitrogens with two attached hydrogens (primary N) is 1. The lowest BCUT2D eigenvalue weighted by molar-refractivity contribution is 0.153. The van der Waals surface area contributed by atoms with E-state index in [2.05, 4.69) is 21.8 Å². The van der Waals surface area contributed by atoms with Gasteiger partial charge in [0.25, 0.3) is 0 Å². The number of aromatic amines is 1. The van der Waals surface area contributed by atoms with E-state index >= 15 is 0 Å². The van der Waals surface area contributed by atoms with Crippen LogP contribution in [0.25, 0.3) is 0 Å². The fourth-order valence-electron chi connectivity index (χ4n) is 2.28. The third kappa shape index (κ3) is 2.79. The van der Waals surface area contributed by atoms with Gasteiger partial charge in [-0.15, -0.1) is 0 Å². The molecule has 0 saturated carbocycles. The SMILES string of the molecule is CC(N)C1CCCN(Cc2cnc[nH]2)C1. The molecule has 3 N–H and O–H groups in total. The molecular formula is C11H20N4. The van der Waals surface area contributed by atoms with Crippen molar-refractivity contribution < 1.29 is 0 Å². The fraction of sp³-hybridized carbons (Fsp3) is 0.727. The van der Waals surface area contributed by atoms with E-state index in [1.807, 2.05) is 6.20 Å². The maximum Gasteiger partial charge on any atom is 0.0922 e. The smallest absolute Gasteiger partial charge is 0.0922 e. The molecule has 1 aliphatic rings. The highest BCUT2D eigenvalue weighted by atomic mass is 15.1. The molecule has 1 fully saturated rings. The van der Waals surface area contributed by atoms with Crippen LogP contribution in [0.4, 0.5) is 0 Å². The zero-order chi connectivity index (χ0) is 10.7. The van der Waals surface area contributed by atoms with Gasteiger partial charge in [0.2, 0.25) is 0 Å². The summed E-state index contributed by atoms with van der Waals surface area (Å²) >= 11 is 0. The average molecular weight is 208 g/mol. The van der Waals surface area contributed by atoms with Gasteiger partial charge in [0.05, 0.1) is 6.33 Å². The normalized spacial score (nSPS) is 25.3. The van der Waals surface area contributed by atoms with Crippen molar-refractivity contribution in [2.75, 3.05) is 13.1 Å². The summed E-state index contributed by atoms with van der Waals surface area (Å²) in [5, 5.41) is 0. The highest BCUT2D eigenvalue weighted by molar-refractivity contribution is 4.94. The van der Waals surface area contributed by atoms with E-state index in [1.165, 1.54) is 25.1 Å². The fourth-order valence-corrected chi connectivity index (χ4v) is 2.28. The van der Waals surface area contributed by atoms with E-state index in [0.717, 1.165) is 13.1 Å².